The molecule has 1 aromatic carbocycles. The Hall–Kier alpha value is -1.18. The summed E-state index contributed by atoms with van der Waals surface area (Å²) >= 11 is 5.93. The van der Waals surface area contributed by atoms with Crippen LogP contribution in [0.25, 0.3) is 0 Å². The van der Waals surface area contributed by atoms with Crippen molar-refractivity contribution in [2.24, 2.45) is 0 Å². The number of sulfone groups is 1. The van der Waals surface area contributed by atoms with Crippen LogP contribution >= 0.6 is 11.6 Å². The predicted molar refractivity (Wildman–Crippen MR) is 74.1 cm³/mol. The van der Waals surface area contributed by atoms with Crippen LogP contribution in [0.4, 0.5) is 5.69 Å². The van der Waals surface area contributed by atoms with Gasteiger partial charge in [-0.25, -0.2) is 8.42 Å². The maximum Gasteiger partial charge on any atom is 0.275 e. The van der Waals surface area contributed by atoms with Gasteiger partial charge in [-0.3, -0.25) is 10.1 Å². The van der Waals surface area contributed by atoms with E-state index in [1.165, 1.54) is 12.1 Å². The van der Waals surface area contributed by atoms with Crippen LogP contribution in [0.15, 0.2) is 18.2 Å². The fourth-order valence-corrected chi connectivity index (χ4v) is 2.95. The molecule has 0 bridgehead atoms. The summed E-state index contributed by atoms with van der Waals surface area (Å²) in [7, 11) is -3.09. The van der Waals surface area contributed by atoms with Crippen LogP contribution in [0.3, 0.4) is 0 Å². The fourth-order valence-electron chi connectivity index (χ4n) is 1.68. The Balaban J connectivity index is 2.80. The summed E-state index contributed by atoms with van der Waals surface area (Å²) < 4.78 is 22.2. The average molecular weight is 307 g/mol. The molecule has 0 aromatic heterocycles. The average Bonchev–Trinajstić information content (AvgIpc) is 2.24. The molecule has 6 nitrogen and oxygen atoms in total. The first-order valence-corrected chi connectivity index (χ1v) is 7.97. The number of nitro benzene ring substituents is 1. The van der Waals surface area contributed by atoms with Gasteiger partial charge in [-0.05, 0) is 13.0 Å². The van der Waals surface area contributed by atoms with E-state index < -0.39 is 14.8 Å². The Morgan fingerprint density at radius 1 is 1.47 bits per heavy atom. The summed E-state index contributed by atoms with van der Waals surface area (Å²) in [4.78, 5) is 10.4. The van der Waals surface area contributed by atoms with Gasteiger partial charge in [-0.1, -0.05) is 17.7 Å². The first-order chi connectivity index (χ1) is 8.70. The second kappa shape index (κ2) is 6.31. The number of halogens is 1. The van der Waals surface area contributed by atoms with Gasteiger partial charge < -0.3 is 5.32 Å². The van der Waals surface area contributed by atoms with Crippen LogP contribution in [-0.2, 0) is 16.4 Å². The molecule has 0 aliphatic carbocycles. The zero-order valence-corrected chi connectivity index (χ0v) is 12.2. The zero-order valence-electron chi connectivity index (χ0n) is 10.6. The van der Waals surface area contributed by atoms with E-state index in [2.05, 4.69) is 5.32 Å². The van der Waals surface area contributed by atoms with Crippen molar-refractivity contribution in [3.63, 3.8) is 0 Å². The molecule has 106 valence electrons. The van der Waals surface area contributed by atoms with Gasteiger partial charge >= 0.3 is 0 Å². The first-order valence-electron chi connectivity index (χ1n) is 5.53. The van der Waals surface area contributed by atoms with E-state index in [-0.39, 0.29) is 29.0 Å². The van der Waals surface area contributed by atoms with Gasteiger partial charge in [0.05, 0.1) is 21.3 Å². The number of hydrogen-bond donors (Lipinski definition) is 1. The molecule has 0 saturated heterocycles. The standard InChI is InChI=1S/C11H15ClN2O4S/c1-8(7-19(2,17)18)13-6-9-10(12)4-3-5-11(9)14(15)16/h3-5,8,13H,6-7H2,1-2H3. The van der Waals surface area contributed by atoms with Crippen molar-refractivity contribution in [2.45, 2.75) is 19.5 Å². The highest BCUT2D eigenvalue weighted by Gasteiger charge is 2.18. The molecule has 1 atom stereocenters. The Labute approximate surface area is 116 Å². The molecule has 0 amide bonds. The predicted octanol–water partition coefficient (Wildman–Crippen LogP) is 1.77. The normalized spacial score (nSPS) is 13.2. The maximum absolute atomic E-state index is 11.1. The highest BCUT2D eigenvalue weighted by atomic mass is 35.5. The molecule has 0 aliphatic rings. The van der Waals surface area contributed by atoms with E-state index in [9.17, 15) is 18.5 Å². The van der Waals surface area contributed by atoms with E-state index in [0.29, 0.717) is 5.56 Å². The lowest BCUT2D eigenvalue weighted by atomic mass is 10.1. The third kappa shape index (κ3) is 5.14. The molecule has 0 radical (unpaired) electrons. The first kappa shape index (κ1) is 15.9. The maximum atomic E-state index is 11.1. The third-order valence-electron chi connectivity index (χ3n) is 2.47. The van der Waals surface area contributed by atoms with Gasteiger partial charge in [0.1, 0.15) is 9.84 Å². The van der Waals surface area contributed by atoms with Crippen molar-refractivity contribution in [2.75, 3.05) is 12.0 Å². The molecule has 0 saturated carbocycles. The van der Waals surface area contributed by atoms with Crippen molar-refractivity contribution in [1.29, 1.82) is 0 Å². The van der Waals surface area contributed by atoms with Gasteiger partial charge in [0.15, 0.2) is 0 Å². The zero-order chi connectivity index (χ0) is 14.6. The molecular formula is C11H15ClN2O4S. The summed E-state index contributed by atoms with van der Waals surface area (Å²) in [5.74, 6) is -0.0365. The smallest absolute Gasteiger partial charge is 0.275 e. The van der Waals surface area contributed by atoms with Crippen molar-refractivity contribution in [1.82, 2.24) is 5.32 Å². The summed E-state index contributed by atoms with van der Waals surface area (Å²) in [5, 5.41) is 14.1. The van der Waals surface area contributed by atoms with E-state index in [1.807, 2.05) is 0 Å². The van der Waals surface area contributed by atoms with E-state index >= 15 is 0 Å². The lowest BCUT2D eigenvalue weighted by Crippen LogP contribution is -2.32. The Kier molecular flexibility index (Phi) is 5.28. The minimum atomic E-state index is -3.09. The molecule has 0 heterocycles. The number of nitro groups is 1. The Morgan fingerprint density at radius 2 is 2.11 bits per heavy atom. The third-order valence-corrected chi connectivity index (χ3v) is 3.93. The highest BCUT2D eigenvalue weighted by molar-refractivity contribution is 7.90. The number of benzene rings is 1. The molecule has 1 aromatic rings. The highest BCUT2D eigenvalue weighted by Crippen LogP contribution is 2.25. The van der Waals surface area contributed by atoms with Gasteiger partial charge in [0.2, 0.25) is 0 Å². The van der Waals surface area contributed by atoms with Crippen molar-refractivity contribution in [3.8, 4) is 0 Å². The molecule has 8 heteroatoms. The Morgan fingerprint density at radius 3 is 2.63 bits per heavy atom. The monoisotopic (exact) mass is 306 g/mol. The number of hydrogen-bond acceptors (Lipinski definition) is 5. The lowest BCUT2D eigenvalue weighted by molar-refractivity contribution is -0.385. The van der Waals surface area contributed by atoms with Crippen molar-refractivity contribution >= 4 is 27.1 Å². The second-order valence-electron chi connectivity index (χ2n) is 4.37. The fraction of sp³-hybridized carbons (Fsp3) is 0.455. The van der Waals surface area contributed by atoms with E-state index in [4.69, 9.17) is 11.6 Å². The van der Waals surface area contributed by atoms with E-state index in [1.54, 1.807) is 13.0 Å². The molecule has 1 N–H and O–H groups in total. The number of rotatable bonds is 6. The van der Waals surface area contributed by atoms with Gasteiger partial charge in [0.25, 0.3) is 5.69 Å². The van der Waals surface area contributed by atoms with Crippen LogP contribution in [0.2, 0.25) is 5.02 Å². The summed E-state index contributed by atoms with van der Waals surface area (Å²) in [6.07, 6.45) is 1.14. The largest absolute Gasteiger partial charge is 0.309 e. The van der Waals surface area contributed by atoms with Gasteiger partial charge in [-0.15, -0.1) is 0 Å². The van der Waals surface area contributed by atoms with Crippen molar-refractivity contribution in [3.05, 3.63) is 38.9 Å². The summed E-state index contributed by atoms with van der Waals surface area (Å²) in [6, 6.07) is 4.12. The quantitative estimate of drug-likeness (QED) is 0.639. The second-order valence-corrected chi connectivity index (χ2v) is 6.96. The molecule has 1 unspecified atom stereocenters. The molecule has 0 spiro atoms. The molecule has 0 aliphatic heterocycles. The molecule has 19 heavy (non-hydrogen) atoms. The topological polar surface area (TPSA) is 89.3 Å². The number of nitrogens with zero attached hydrogens (tertiary/aromatic N) is 1. The van der Waals surface area contributed by atoms with Crippen LogP contribution in [0.5, 0.6) is 0 Å². The Bertz CT molecular complexity index is 574. The molecular weight excluding hydrogens is 292 g/mol. The SMILES string of the molecule is CC(CS(C)(=O)=O)NCc1c(Cl)cccc1[N+](=O)[O-]. The van der Waals surface area contributed by atoms with Crippen LogP contribution in [0, 0.1) is 10.1 Å². The minimum absolute atomic E-state index is 0.0365. The summed E-state index contributed by atoms with van der Waals surface area (Å²) in [5.41, 5.74) is 0.279. The molecule has 0 fully saturated rings. The summed E-state index contributed by atoms with van der Waals surface area (Å²) in [6.45, 7) is 1.84. The van der Waals surface area contributed by atoms with Crippen molar-refractivity contribution < 1.29 is 13.3 Å². The van der Waals surface area contributed by atoms with Gasteiger partial charge in [0, 0.05) is 24.9 Å². The van der Waals surface area contributed by atoms with E-state index in [0.717, 1.165) is 6.26 Å². The lowest BCUT2D eigenvalue weighted by Gasteiger charge is -2.13. The van der Waals surface area contributed by atoms with Crippen LogP contribution in [-0.4, -0.2) is 31.4 Å². The molecule has 1 rings (SSSR count). The van der Waals surface area contributed by atoms with Crippen LogP contribution in [0.1, 0.15) is 12.5 Å². The van der Waals surface area contributed by atoms with Crippen LogP contribution < -0.4 is 5.32 Å². The number of nitrogens with one attached hydrogen (secondary N) is 1. The minimum Gasteiger partial charge on any atom is -0.309 e. The van der Waals surface area contributed by atoms with Gasteiger partial charge in [-0.2, -0.15) is 0 Å².